The quantitative estimate of drug-likeness (QED) is 0.230. The fourth-order valence-electron chi connectivity index (χ4n) is 3.23. The molecule has 0 bridgehead atoms. The maximum Gasteiger partial charge on any atom is 0.294 e. The predicted molar refractivity (Wildman–Crippen MR) is 120 cm³/mol. The van der Waals surface area contributed by atoms with Crippen LogP contribution in [0.1, 0.15) is 5.69 Å². The number of carbonyl (C=O) groups is 3. The molecule has 2 heterocycles. The molecule has 0 radical (unpaired) electrons. The van der Waals surface area contributed by atoms with Gasteiger partial charge in [-0.2, -0.15) is 0 Å². The van der Waals surface area contributed by atoms with Crippen LogP contribution in [-0.4, -0.2) is 38.0 Å². The number of carbonyl (C=O) groups excluding carboxylic acids is 3. The molecule has 1 aliphatic rings. The molecule has 3 aromatic rings. The zero-order valence-corrected chi connectivity index (χ0v) is 18.2. The summed E-state index contributed by atoms with van der Waals surface area (Å²) in [7, 11) is 0. The monoisotopic (exact) mass is 502 g/mol. The largest absolute Gasteiger partial charge is 0.322 e. The average Bonchev–Trinajstić information content (AvgIpc) is 3.39. The molecule has 0 spiro atoms. The number of amides is 3. The number of rotatable bonds is 6. The van der Waals surface area contributed by atoms with Gasteiger partial charge in [0, 0.05) is 24.0 Å². The number of hydrogen-bond donors (Lipinski definition) is 1. The minimum Gasteiger partial charge on any atom is -0.322 e. The van der Waals surface area contributed by atoms with Gasteiger partial charge >= 0.3 is 0 Å². The van der Waals surface area contributed by atoms with Crippen molar-refractivity contribution in [3.63, 3.8) is 0 Å². The number of nitrogens with one attached hydrogen (secondary N) is 1. The number of nitro groups is 1. The van der Waals surface area contributed by atoms with Gasteiger partial charge < -0.3 is 9.88 Å². The van der Waals surface area contributed by atoms with Gasteiger partial charge in [-0.05, 0) is 48.2 Å². The number of nitro benzene ring substituents is 1. The lowest BCUT2D eigenvalue weighted by Gasteiger charge is -2.13. The topological polar surface area (TPSA) is 115 Å². The first-order valence-electron chi connectivity index (χ1n) is 9.76. The van der Waals surface area contributed by atoms with Gasteiger partial charge in [0.25, 0.3) is 16.8 Å². The van der Waals surface area contributed by atoms with Gasteiger partial charge in [0.2, 0.25) is 5.91 Å². The van der Waals surface area contributed by atoms with Gasteiger partial charge in [-0.25, -0.2) is 13.2 Å². The minimum atomic E-state index is -1.77. The number of nitrogens with zero attached hydrogens (tertiary/aromatic N) is 3. The highest BCUT2D eigenvalue weighted by Crippen LogP contribution is 2.33. The number of halogens is 3. The van der Waals surface area contributed by atoms with E-state index in [1.54, 1.807) is 29.0 Å². The molecular weight excluding hydrogens is 489 g/mol. The van der Waals surface area contributed by atoms with E-state index >= 15 is 0 Å². The minimum absolute atomic E-state index is 0.0211. The highest BCUT2D eigenvalue weighted by molar-refractivity contribution is 8.18. The van der Waals surface area contributed by atoms with Crippen molar-refractivity contribution in [1.82, 2.24) is 9.47 Å². The SMILES string of the molecule is O=C(CN1C(=O)S/C(=C\c2cccn2-c2cccc([N+](=O)[O-])c2)C1=O)Nc1ccc(F)c(F)c1F. The third-order valence-corrected chi connectivity index (χ3v) is 5.77. The van der Waals surface area contributed by atoms with Crippen LogP contribution >= 0.6 is 11.8 Å². The summed E-state index contributed by atoms with van der Waals surface area (Å²) in [5, 5.41) is 12.3. The summed E-state index contributed by atoms with van der Waals surface area (Å²) in [5.41, 5.74) is 0.101. The molecule has 1 aromatic heterocycles. The van der Waals surface area contributed by atoms with Gasteiger partial charge in [0.1, 0.15) is 6.54 Å². The van der Waals surface area contributed by atoms with Gasteiger partial charge in [0.15, 0.2) is 17.5 Å². The van der Waals surface area contributed by atoms with Crippen molar-refractivity contribution in [3.8, 4) is 5.69 Å². The summed E-state index contributed by atoms with van der Waals surface area (Å²) in [6.45, 7) is -0.785. The van der Waals surface area contributed by atoms with Crippen molar-refractivity contribution in [2.24, 2.45) is 0 Å². The Labute approximate surface area is 199 Å². The van der Waals surface area contributed by atoms with Crippen LogP contribution in [0.25, 0.3) is 11.8 Å². The third kappa shape index (κ3) is 4.80. The van der Waals surface area contributed by atoms with Crippen LogP contribution in [0.4, 0.5) is 29.3 Å². The molecule has 9 nitrogen and oxygen atoms in total. The number of benzene rings is 2. The Kier molecular flexibility index (Phi) is 6.42. The Morgan fingerprint density at radius 3 is 2.60 bits per heavy atom. The number of aromatic nitrogens is 1. The summed E-state index contributed by atoms with van der Waals surface area (Å²) in [5.74, 6) is -6.63. The highest BCUT2D eigenvalue weighted by atomic mass is 32.2. The summed E-state index contributed by atoms with van der Waals surface area (Å²) in [6.07, 6.45) is 3.00. The van der Waals surface area contributed by atoms with Crippen LogP contribution in [0, 0.1) is 27.6 Å². The number of anilines is 1. The maximum atomic E-state index is 13.8. The van der Waals surface area contributed by atoms with Crippen molar-refractivity contribution in [2.75, 3.05) is 11.9 Å². The summed E-state index contributed by atoms with van der Waals surface area (Å²) in [4.78, 5) is 48.4. The van der Waals surface area contributed by atoms with Crippen LogP contribution in [0.2, 0.25) is 0 Å². The number of imide groups is 1. The van der Waals surface area contributed by atoms with E-state index in [1.165, 1.54) is 24.3 Å². The van der Waals surface area contributed by atoms with Crippen molar-refractivity contribution < 1.29 is 32.5 Å². The first-order chi connectivity index (χ1) is 16.7. The van der Waals surface area contributed by atoms with Crippen LogP contribution < -0.4 is 5.32 Å². The fraction of sp³-hybridized carbons (Fsp3) is 0.0455. The van der Waals surface area contributed by atoms with E-state index < -0.39 is 51.7 Å². The normalized spacial score (nSPS) is 14.6. The second-order valence-corrected chi connectivity index (χ2v) is 8.11. The molecule has 1 fully saturated rings. The Morgan fingerprint density at radius 1 is 1.09 bits per heavy atom. The Bertz CT molecular complexity index is 1420. The number of hydrogen-bond acceptors (Lipinski definition) is 6. The molecule has 0 atom stereocenters. The first kappa shape index (κ1) is 23.8. The lowest BCUT2D eigenvalue weighted by atomic mass is 10.2. The van der Waals surface area contributed by atoms with Crippen molar-refractivity contribution >= 4 is 46.3 Å². The van der Waals surface area contributed by atoms with Gasteiger partial charge in [-0.15, -0.1) is 0 Å². The second kappa shape index (κ2) is 9.46. The zero-order chi connectivity index (χ0) is 25.3. The van der Waals surface area contributed by atoms with Gasteiger partial charge in [-0.1, -0.05) is 6.07 Å². The average molecular weight is 502 g/mol. The molecule has 4 rings (SSSR count). The lowest BCUT2D eigenvalue weighted by molar-refractivity contribution is -0.384. The van der Waals surface area contributed by atoms with E-state index in [4.69, 9.17) is 0 Å². The van der Waals surface area contributed by atoms with E-state index in [0.717, 1.165) is 6.07 Å². The third-order valence-electron chi connectivity index (χ3n) is 4.86. The fourth-order valence-corrected chi connectivity index (χ4v) is 4.05. The van der Waals surface area contributed by atoms with Crippen LogP contribution in [0.3, 0.4) is 0 Å². The molecule has 1 saturated heterocycles. The number of non-ortho nitro benzene ring substituents is 1. The summed E-state index contributed by atoms with van der Waals surface area (Å²) in [6, 6.07) is 10.5. The Balaban J connectivity index is 1.52. The van der Waals surface area contributed by atoms with Crippen LogP contribution in [-0.2, 0) is 9.59 Å². The lowest BCUT2D eigenvalue weighted by Crippen LogP contribution is -2.36. The molecule has 0 saturated carbocycles. The van der Waals surface area contributed by atoms with Crippen molar-refractivity contribution in [1.29, 1.82) is 0 Å². The maximum absolute atomic E-state index is 13.8. The first-order valence-corrected chi connectivity index (χ1v) is 10.6. The van der Waals surface area contributed by atoms with E-state index in [2.05, 4.69) is 0 Å². The van der Waals surface area contributed by atoms with Crippen molar-refractivity contribution in [2.45, 2.75) is 0 Å². The summed E-state index contributed by atoms with van der Waals surface area (Å²) < 4.78 is 41.8. The number of thioether (sulfide) groups is 1. The Morgan fingerprint density at radius 2 is 1.86 bits per heavy atom. The smallest absolute Gasteiger partial charge is 0.294 e. The molecule has 2 aromatic carbocycles. The predicted octanol–water partition coefficient (Wildman–Crippen LogP) is 4.48. The molecule has 13 heteroatoms. The van der Waals surface area contributed by atoms with E-state index in [-0.39, 0.29) is 10.6 Å². The Hall–Kier alpha value is -4.39. The molecule has 35 heavy (non-hydrogen) atoms. The molecule has 1 aliphatic heterocycles. The molecule has 178 valence electrons. The van der Waals surface area contributed by atoms with Gasteiger partial charge in [0.05, 0.1) is 21.2 Å². The van der Waals surface area contributed by atoms with Gasteiger partial charge in [-0.3, -0.25) is 29.4 Å². The van der Waals surface area contributed by atoms with E-state index in [9.17, 15) is 37.7 Å². The molecule has 1 N–H and O–H groups in total. The summed E-state index contributed by atoms with van der Waals surface area (Å²) >= 11 is 0.561. The molecule has 0 unspecified atom stereocenters. The second-order valence-electron chi connectivity index (χ2n) is 7.12. The van der Waals surface area contributed by atoms with Crippen molar-refractivity contribution in [3.05, 3.63) is 92.9 Å². The van der Waals surface area contributed by atoms with Crippen LogP contribution in [0.15, 0.2) is 59.6 Å². The molecular formula is C22H13F3N4O5S. The zero-order valence-electron chi connectivity index (χ0n) is 17.4. The standard InChI is InChI=1S/C22H13F3N4O5S/c23-15-6-7-16(20(25)19(15)24)26-18(30)11-28-21(31)17(35-22(28)32)10-13-5-2-8-27(13)12-3-1-4-14(9-12)29(33)34/h1-10H,11H2,(H,26,30)/b17-10-. The molecule has 0 aliphatic carbocycles. The highest BCUT2D eigenvalue weighted by Gasteiger charge is 2.36. The van der Waals surface area contributed by atoms with E-state index in [1.807, 2.05) is 5.32 Å². The van der Waals surface area contributed by atoms with E-state index in [0.29, 0.717) is 34.1 Å². The molecule has 3 amide bonds. The van der Waals surface area contributed by atoms with Crippen LogP contribution in [0.5, 0.6) is 0 Å².